The predicted molar refractivity (Wildman–Crippen MR) is 137 cm³/mol. The number of imidazole rings is 1. The van der Waals surface area contributed by atoms with Gasteiger partial charge in [-0.2, -0.15) is 0 Å². The summed E-state index contributed by atoms with van der Waals surface area (Å²) in [6, 6.07) is 5.71. The SMILES string of the molecule is COCCN(C(=O)c1cn2c(C(=O)NCC34CC5CC(CC(C5)C3)C4)cccc2n1)C1CCNCC1. The van der Waals surface area contributed by atoms with Crippen LogP contribution in [0.3, 0.4) is 0 Å². The van der Waals surface area contributed by atoms with Gasteiger partial charge in [-0.3, -0.25) is 14.0 Å². The van der Waals surface area contributed by atoms with Gasteiger partial charge in [-0.25, -0.2) is 4.98 Å². The van der Waals surface area contributed by atoms with Crippen molar-refractivity contribution in [1.82, 2.24) is 24.9 Å². The summed E-state index contributed by atoms with van der Waals surface area (Å²) < 4.78 is 7.06. The molecule has 1 aliphatic heterocycles. The summed E-state index contributed by atoms with van der Waals surface area (Å²) in [5.74, 6) is 2.41. The third-order valence-electron chi connectivity index (χ3n) is 9.28. The van der Waals surface area contributed by atoms with E-state index in [0.29, 0.717) is 30.2 Å². The summed E-state index contributed by atoms with van der Waals surface area (Å²) in [4.78, 5) is 33.5. The van der Waals surface area contributed by atoms with Crippen molar-refractivity contribution in [2.45, 2.75) is 57.4 Å². The Kier molecular flexibility index (Phi) is 6.50. The monoisotopic (exact) mass is 493 g/mol. The highest BCUT2D eigenvalue weighted by Crippen LogP contribution is 2.59. The van der Waals surface area contributed by atoms with Gasteiger partial charge in [0.25, 0.3) is 11.8 Å². The van der Waals surface area contributed by atoms with Crippen molar-refractivity contribution in [3.63, 3.8) is 0 Å². The number of carbonyl (C=O) groups is 2. The Bertz CT molecular complexity index is 1090. The van der Waals surface area contributed by atoms with Gasteiger partial charge < -0.3 is 20.3 Å². The van der Waals surface area contributed by atoms with Gasteiger partial charge in [-0.15, -0.1) is 0 Å². The van der Waals surface area contributed by atoms with Crippen LogP contribution in [0.15, 0.2) is 24.4 Å². The number of hydrogen-bond donors (Lipinski definition) is 2. The molecule has 2 aromatic heterocycles. The normalized spacial score (nSPS) is 29.5. The molecular formula is C28H39N5O3. The van der Waals surface area contributed by atoms with Crippen molar-refractivity contribution in [2.24, 2.45) is 23.2 Å². The Morgan fingerprint density at radius 2 is 1.83 bits per heavy atom. The Hall–Kier alpha value is -2.45. The van der Waals surface area contributed by atoms with E-state index in [2.05, 4.69) is 15.6 Å². The van der Waals surface area contributed by atoms with E-state index < -0.39 is 0 Å². The Labute approximate surface area is 213 Å². The molecule has 0 unspecified atom stereocenters. The van der Waals surface area contributed by atoms with E-state index in [1.165, 1.54) is 38.5 Å². The first-order valence-corrected chi connectivity index (χ1v) is 13.8. The van der Waals surface area contributed by atoms with Gasteiger partial charge in [0, 0.05) is 32.4 Å². The van der Waals surface area contributed by atoms with Gasteiger partial charge in [-0.1, -0.05) is 6.07 Å². The lowest BCUT2D eigenvalue weighted by Gasteiger charge is -2.56. The summed E-state index contributed by atoms with van der Waals surface area (Å²) in [6.07, 6.45) is 11.6. The third kappa shape index (κ3) is 4.54. The first kappa shape index (κ1) is 23.9. The van der Waals surface area contributed by atoms with E-state index in [9.17, 15) is 9.59 Å². The van der Waals surface area contributed by atoms with E-state index in [1.54, 1.807) is 17.7 Å². The van der Waals surface area contributed by atoms with E-state index >= 15 is 0 Å². The van der Waals surface area contributed by atoms with Crippen LogP contribution in [0, 0.1) is 23.2 Å². The molecule has 2 aromatic rings. The summed E-state index contributed by atoms with van der Waals surface area (Å²) in [7, 11) is 1.66. The van der Waals surface area contributed by atoms with Gasteiger partial charge >= 0.3 is 0 Å². The number of aromatic nitrogens is 2. The minimum atomic E-state index is -0.0948. The summed E-state index contributed by atoms with van der Waals surface area (Å²) in [5, 5.41) is 6.65. The summed E-state index contributed by atoms with van der Waals surface area (Å²) >= 11 is 0. The van der Waals surface area contributed by atoms with Crippen LogP contribution in [-0.2, 0) is 4.74 Å². The number of pyridine rings is 1. The second kappa shape index (κ2) is 9.78. The smallest absolute Gasteiger partial charge is 0.274 e. The number of hydrogen-bond acceptors (Lipinski definition) is 5. The standard InChI is InChI=1S/C28H39N5O3/c1-36-10-9-32(22-5-7-29-8-6-22)27(35)23-17-33-24(3-2-4-25(33)31-23)26(34)30-18-28-14-19-11-20(15-28)13-21(12-19)16-28/h2-4,17,19-22,29H,5-16,18H2,1H3,(H,30,34). The van der Waals surface area contributed by atoms with E-state index in [4.69, 9.17) is 4.74 Å². The molecule has 2 N–H and O–H groups in total. The van der Waals surface area contributed by atoms with Crippen LogP contribution in [0.5, 0.6) is 0 Å². The molecule has 4 aliphatic carbocycles. The number of ether oxygens (including phenoxy) is 1. The van der Waals surface area contributed by atoms with Gasteiger partial charge in [0.05, 0.1) is 6.61 Å². The lowest BCUT2D eigenvalue weighted by atomic mass is 9.49. The van der Waals surface area contributed by atoms with Gasteiger partial charge in [0.1, 0.15) is 17.0 Å². The zero-order chi connectivity index (χ0) is 24.7. The number of rotatable bonds is 8. The Balaban J connectivity index is 1.19. The molecule has 8 nitrogen and oxygen atoms in total. The van der Waals surface area contributed by atoms with Crippen LogP contribution in [-0.4, -0.2) is 72.0 Å². The topological polar surface area (TPSA) is 88.0 Å². The van der Waals surface area contributed by atoms with Crippen LogP contribution >= 0.6 is 0 Å². The fraction of sp³-hybridized carbons (Fsp3) is 0.679. The number of methoxy groups -OCH3 is 1. The highest BCUT2D eigenvalue weighted by atomic mass is 16.5. The Morgan fingerprint density at radius 3 is 2.50 bits per heavy atom. The third-order valence-corrected chi connectivity index (χ3v) is 9.28. The molecule has 2 amide bonds. The van der Waals surface area contributed by atoms with Gasteiger partial charge in [0.2, 0.25) is 0 Å². The molecule has 5 aliphatic rings. The van der Waals surface area contributed by atoms with Gasteiger partial charge in [-0.05, 0) is 99.8 Å². The highest BCUT2D eigenvalue weighted by molar-refractivity contribution is 5.95. The van der Waals surface area contributed by atoms with Crippen LogP contribution in [0.4, 0.5) is 0 Å². The van der Waals surface area contributed by atoms with E-state index in [1.807, 2.05) is 23.1 Å². The molecule has 1 saturated heterocycles. The van der Waals surface area contributed by atoms with Crippen molar-refractivity contribution >= 4 is 17.5 Å². The maximum absolute atomic E-state index is 13.6. The maximum Gasteiger partial charge on any atom is 0.274 e. The van der Waals surface area contributed by atoms with Crippen LogP contribution in [0.2, 0.25) is 0 Å². The molecule has 0 radical (unpaired) electrons. The molecule has 8 heteroatoms. The van der Waals surface area contributed by atoms with Crippen LogP contribution < -0.4 is 10.6 Å². The largest absolute Gasteiger partial charge is 0.383 e. The van der Waals surface area contributed by atoms with Crippen molar-refractivity contribution in [1.29, 1.82) is 0 Å². The molecule has 4 saturated carbocycles. The zero-order valence-electron chi connectivity index (χ0n) is 21.4. The first-order valence-electron chi connectivity index (χ1n) is 13.8. The second-order valence-electron chi connectivity index (χ2n) is 11.8. The lowest BCUT2D eigenvalue weighted by molar-refractivity contribution is -0.0503. The van der Waals surface area contributed by atoms with Crippen molar-refractivity contribution in [2.75, 3.05) is 39.9 Å². The number of amides is 2. The van der Waals surface area contributed by atoms with Crippen LogP contribution in [0.25, 0.3) is 5.65 Å². The van der Waals surface area contributed by atoms with E-state index in [-0.39, 0.29) is 23.3 Å². The fourth-order valence-electron chi connectivity index (χ4n) is 8.07. The summed E-state index contributed by atoms with van der Waals surface area (Å²) in [5.41, 5.74) is 1.82. The number of piperidine rings is 1. The molecule has 0 atom stereocenters. The molecule has 0 spiro atoms. The number of nitrogens with one attached hydrogen (secondary N) is 2. The van der Waals surface area contributed by atoms with E-state index in [0.717, 1.165) is 50.2 Å². The zero-order valence-corrected chi connectivity index (χ0v) is 21.4. The van der Waals surface area contributed by atoms with Crippen molar-refractivity contribution in [3.8, 4) is 0 Å². The molecule has 7 rings (SSSR count). The van der Waals surface area contributed by atoms with Crippen molar-refractivity contribution < 1.29 is 14.3 Å². The molecule has 0 aromatic carbocycles. The highest BCUT2D eigenvalue weighted by Gasteiger charge is 2.50. The fourth-order valence-corrected chi connectivity index (χ4v) is 8.07. The predicted octanol–water partition coefficient (Wildman–Crippen LogP) is 3.12. The van der Waals surface area contributed by atoms with Gasteiger partial charge in [0.15, 0.2) is 0 Å². The Morgan fingerprint density at radius 1 is 1.14 bits per heavy atom. The molecule has 5 fully saturated rings. The molecule has 3 heterocycles. The quantitative estimate of drug-likeness (QED) is 0.590. The molecule has 4 bridgehead atoms. The average molecular weight is 494 g/mol. The molecular weight excluding hydrogens is 454 g/mol. The number of fused-ring (bicyclic) bond motifs is 1. The summed E-state index contributed by atoms with van der Waals surface area (Å²) in [6.45, 7) is 3.58. The maximum atomic E-state index is 13.6. The number of carbonyl (C=O) groups excluding carboxylic acids is 2. The minimum absolute atomic E-state index is 0.0812. The van der Waals surface area contributed by atoms with Crippen LogP contribution in [0.1, 0.15) is 72.3 Å². The minimum Gasteiger partial charge on any atom is -0.383 e. The number of nitrogens with zero attached hydrogens (tertiary/aromatic N) is 3. The lowest BCUT2D eigenvalue weighted by Crippen LogP contribution is -2.51. The average Bonchev–Trinajstić information content (AvgIpc) is 3.32. The molecule has 194 valence electrons. The second-order valence-corrected chi connectivity index (χ2v) is 11.8. The molecule has 36 heavy (non-hydrogen) atoms. The van der Waals surface area contributed by atoms with Crippen molar-refractivity contribution in [3.05, 3.63) is 35.8 Å². The first-order chi connectivity index (χ1) is 17.5.